The molecule has 0 aliphatic heterocycles. The maximum atomic E-state index is 10.6. The van der Waals surface area contributed by atoms with Gasteiger partial charge in [-0.3, -0.25) is 0 Å². The Morgan fingerprint density at radius 2 is 1.93 bits per heavy atom. The number of ketones is 1. The number of rotatable bonds is 8. The standard InChI is InChI=1S/C9H20O4P/c1-4-7-12-14(3,11)13-8-5-6-9(2)10/h11H,4-8H2,1-3H3/q+1. The van der Waals surface area contributed by atoms with Gasteiger partial charge in [-0.15, -0.1) is 0 Å². The molecule has 0 rings (SSSR count). The van der Waals surface area contributed by atoms with E-state index in [0.29, 0.717) is 26.1 Å². The molecule has 0 amide bonds. The van der Waals surface area contributed by atoms with Crippen LogP contribution >= 0.6 is 7.94 Å². The van der Waals surface area contributed by atoms with Crippen molar-refractivity contribution in [2.24, 2.45) is 0 Å². The van der Waals surface area contributed by atoms with Crippen LogP contribution in [-0.2, 0) is 13.8 Å². The van der Waals surface area contributed by atoms with Gasteiger partial charge in [-0.05, 0) is 19.8 Å². The normalized spacial score (nSPS) is 15.1. The van der Waals surface area contributed by atoms with Crippen molar-refractivity contribution >= 4 is 13.7 Å². The van der Waals surface area contributed by atoms with Crippen LogP contribution in [0.3, 0.4) is 0 Å². The molecule has 1 N–H and O–H groups in total. The molecule has 0 spiro atoms. The second-order valence-electron chi connectivity index (χ2n) is 3.27. The molecule has 0 heterocycles. The van der Waals surface area contributed by atoms with Crippen molar-refractivity contribution in [2.45, 2.75) is 33.1 Å². The Hall–Kier alpha value is -0.0200. The van der Waals surface area contributed by atoms with E-state index in [2.05, 4.69) is 0 Å². The van der Waals surface area contributed by atoms with Crippen molar-refractivity contribution in [1.29, 1.82) is 0 Å². The molecule has 0 fully saturated rings. The molecule has 1 unspecified atom stereocenters. The minimum atomic E-state index is -2.63. The van der Waals surface area contributed by atoms with Gasteiger partial charge in [-0.1, -0.05) is 6.92 Å². The molecular formula is C9H20O4P+. The maximum absolute atomic E-state index is 10.6. The summed E-state index contributed by atoms with van der Waals surface area (Å²) in [6.45, 7) is 5.96. The van der Waals surface area contributed by atoms with Crippen molar-refractivity contribution in [1.82, 2.24) is 0 Å². The van der Waals surface area contributed by atoms with Crippen LogP contribution in [0.4, 0.5) is 0 Å². The van der Waals surface area contributed by atoms with Gasteiger partial charge in [0.25, 0.3) is 0 Å². The van der Waals surface area contributed by atoms with E-state index in [1.165, 1.54) is 0 Å². The number of Topliss-reactive ketones (excluding diaryl/α,β-unsaturated/α-hetero) is 1. The van der Waals surface area contributed by atoms with E-state index in [1.54, 1.807) is 13.6 Å². The molecule has 0 saturated carbocycles. The zero-order chi connectivity index (χ0) is 11.0. The van der Waals surface area contributed by atoms with E-state index in [-0.39, 0.29) is 5.78 Å². The van der Waals surface area contributed by atoms with E-state index < -0.39 is 7.94 Å². The maximum Gasteiger partial charge on any atom is 0.405 e. The molecule has 84 valence electrons. The summed E-state index contributed by atoms with van der Waals surface area (Å²) in [6, 6.07) is 0. The summed E-state index contributed by atoms with van der Waals surface area (Å²) in [5.41, 5.74) is 0. The van der Waals surface area contributed by atoms with E-state index in [9.17, 15) is 9.69 Å². The molecule has 0 radical (unpaired) electrons. The summed E-state index contributed by atoms with van der Waals surface area (Å²) in [6.07, 6.45) is 1.99. The summed E-state index contributed by atoms with van der Waals surface area (Å²) >= 11 is 0. The number of hydrogen-bond donors (Lipinski definition) is 1. The minimum Gasteiger partial charge on any atom is -0.300 e. The topological polar surface area (TPSA) is 55.8 Å². The predicted octanol–water partition coefficient (Wildman–Crippen LogP) is 2.18. The first-order valence-corrected chi connectivity index (χ1v) is 6.88. The fourth-order valence-corrected chi connectivity index (χ4v) is 1.92. The van der Waals surface area contributed by atoms with Crippen molar-refractivity contribution in [3.63, 3.8) is 0 Å². The van der Waals surface area contributed by atoms with Gasteiger partial charge in [0.15, 0.2) is 0 Å². The van der Waals surface area contributed by atoms with Gasteiger partial charge in [-0.25, -0.2) is 0 Å². The number of carbonyl (C=O) groups is 1. The summed E-state index contributed by atoms with van der Waals surface area (Å²) in [5, 5.41) is 0. The van der Waals surface area contributed by atoms with Gasteiger partial charge in [0.1, 0.15) is 12.4 Å². The quantitative estimate of drug-likeness (QED) is 0.506. The minimum absolute atomic E-state index is 0.140. The van der Waals surface area contributed by atoms with Crippen molar-refractivity contribution < 1.29 is 18.7 Å². The first-order chi connectivity index (χ1) is 6.48. The van der Waals surface area contributed by atoms with Crippen LogP contribution in [-0.4, -0.2) is 30.6 Å². The highest BCUT2D eigenvalue weighted by Crippen LogP contribution is 2.52. The molecule has 14 heavy (non-hydrogen) atoms. The lowest BCUT2D eigenvalue weighted by molar-refractivity contribution is -0.117. The monoisotopic (exact) mass is 223 g/mol. The highest BCUT2D eigenvalue weighted by molar-refractivity contribution is 7.59. The van der Waals surface area contributed by atoms with Crippen LogP contribution < -0.4 is 0 Å². The van der Waals surface area contributed by atoms with E-state index >= 15 is 0 Å². The van der Waals surface area contributed by atoms with E-state index in [0.717, 1.165) is 6.42 Å². The Bertz CT molecular complexity index is 170. The smallest absolute Gasteiger partial charge is 0.300 e. The SMILES string of the molecule is CCCO[P+](C)(O)OCCCC(C)=O. The van der Waals surface area contributed by atoms with E-state index in [4.69, 9.17) is 9.05 Å². The van der Waals surface area contributed by atoms with Gasteiger partial charge >= 0.3 is 7.94 Å². The second-order valence-corrected chi connectivity index (χ2v) is 5.40. The van der Waals surface area contributed by atoms with E-state index in [1.807, 2.05) is 6.92 Å². The average Bonchev–Trinajstić information content (AvgIpc) is 2.09. The Morgan fingerprint density at radius 1 is 1.36 bits per heavy atom. The van der Waals surface area contributed by atoms with Gasteiger partial charge in [0, 0.05) is 6.42 Å². The fourth-order valence-electron chi connectivity index (χ4n) is 0.853. The molecule has 0 saturated heterocycles. The largest absolute Gasteiger partial charge is 0.405 e. The Balaban J connectivity index is 3.49. The van der Waals surface area contributed by atoms with Crippen LogP contribution in [0.1, 0.15) is 33.1 Å². The lowest BCUT2D eigenvalue weighted by atomic mass is 10.2. The molecule has 0 aromatic rings. The molecular weight excluding hydrogens is 203 g/mol. The van der Waals surface area contributed by atoms with Crippen LogP contribution in [0.2, 0.25) is 0 Å². The lowest BCUT2D eigenvalue weighted by Gasteiger charge is -2.11. The Labute approximate surface area is 86.2 Å². The van der Waals surface area contributed by atoms with Crippen LogP contribution in [0.25, 0.3) is 0 Å². The molecule has 4 nitrogen and oxygen atoms in total. The number of carbonyl (C=O) groups excluding carboxylic acids is 1. The van der Waals surface area contributed by atoms with Gasteiger partial charge in [0.05, 0.1) is 13.2 Å². The zero-order valence-corrected chi connectivity index (χ0v) is 10.0. The van der Waals surface area contributed by atoms with Crippen LogP contribution in [0.5, 0.6) is 0 Å². The molecule has 0 aromatic heterocycles. The fraction of sp³-hybridized carbons (Fsp3) is 0.889. The molecule has 0 aliphatic carbocycles. The first kappa shape index (κ1) is 14.0. The molecule has 5 heteroatoms. The van der Waals surface area contributed by atoms with Crippen molar-refractivity contribution in [3.05, 3.63) is 0 Å². The highest BCUT2D eigenvalue weighted by atomic mass is 31.2. The molecule has 0 aliphatic rings. The summed E-state index contributed by atoms with van der Waals surface area (Å²) in [7, 11) is -2.63. The first-order valence-electron chi connectivity index (χ1n) is 4.85. The molecule has 0 bridgehead atoms. The zero-order valence-electron chi connectivity index (χ0n) is 9.15. The third kappa shape index (κ3) is 8.57. The lowest BCUT2D eigenvalue weighted by Crippen LogP contribution is -2.04. The van der Waals surface area contributed by atoms with Crippen molar-refractivity contribution in [2.75, 3.05) is 19.9 Å². The molecule has 1 atom stereocenters. The van der Waals surface area contributed by atoms with Crippen LogP contribution in [0, 0.1) is 0 Å². The van der Waals surface area contributed by atoms with Crippen LogP contribution in [0.15, 0.2) is 0 Å². The average molecular weight is 223 g/mol. The predicted molar refractivity (Wildman–Crippen MR) is 57.2 cm³/mol. The van der Waals surface area contributed by atoms with Gasteiger partial charge in [0.2, 0.25) is 0 Å². The third-order valence-corrected chi connectivity index (χ3v) is 2.86. The second kappa shape index (κ2) is 7.30. The molecule has 0 aromatic carbocycles. The summed E-state index contributed by atoms with van der Waals surface area (Å²) in [4.78, 5) is 20.2. The third-order valence-electron chi connectivity index (χ3n) is 1.54. The van der Waals surface area contributed by atoms with Gasteiger partial charge in [-0.2, -0.15) is 13.9 Å². The Kier molecular flexibility index (Phi) is 7.28. The number of hydrogen-bond acceptors (Lipinski definition) is 4. The van der Waals surface area contributed by atoms with Gasteiger partial charge < -0.3 is 4.79 Å². The summed E-state index contributed by atoms with van der Waals surface area (Å²) < 4.78 is 10.3. The summed E-state index contributed by atoms with van der Waals surface area (Å²) in [5.74, 6) is 0.140. The Morgan fingerprint density at radius 3 is 2.43 bits per heavy atom. The van der Waals surface area contributed by atoms with Crippen molar-refractivity contribution in [3.8, 4) is 0 Å². The highest BCUT2D eigenvalue weighted by Gasteiger charge is 2.32.